The number of anilines is 1. The van der Waals surface area contributed by atoms with Gasteiger partial charge in [-0.1, -0.05) is 18.2 Å². The summed E-state index contributed by atoms with van der Waals surface area (Å²) < 4.78 is 0. The van der Waals surface area contributed by atoms with Crippen molar-refractivity contribution < 1.29 is 0 Å². The van der Waals surface area contributed by atoms with Gasteiger partial charge in [0.2, 0.25) is 0 Å². The third-order valence-corrected chi connectivity index (χ3v) is 4.81. The van der Waals surface area contributed by atoms with Crippen LogP contribution in [0.15, 0.2) is 30.3 Å². The number of para-hydroxylation sites is 1. The van der Waals surface area contributed by atoms with E-state index in [0.717, 1.165) is 12.1 Å². The van der Waals surface area contributed by atoms with Gasteiger partial charge in [-0.2, -0.15) is 0 Å². The molecule has 0 aromatic heterocycles. The van der Waals surface area contributed by atoms with Crippen LogP contribution in [0.5, 0.6) is 0 Å². The quantitative estimate of drug-likeness (QED) is 0.912. The van der Waals surface area contributed by atoms with Gasteiger partial charge in [-0.05, 0) is 58.0 Å². The van der Waals surface area contributed by atoms with Gasteiger partial charge in [-0.3, -0.25) is 0 Å². The van der Waals surface area contributed by atoms with Gasteiger partial charge in [0.15, 0.2) is 0 Å². The standard InChI is InChI=1S/C17H27N3/c1-19-11-7-15(8-12-19)18-16-9-13-20(14-10-16)17-5-3-2-4-6-17/h2-6,15-16,18H,7-14H2,1H3. The van der Waals surface area contributed by atoms with E-state index in [0.29, 0.717) is 0 Å². The predicted molar refractivity (Wildman–Crippen MR) is 85.3 cm³/mol. The molecule has 2 saturated heterocycles. The maximum absolute atomic E-state index is 3.90. The highest BCUT2D eigenvalue weighted by Gasteiger charge is 2.23. The minimum absolute atomic E-state index is 0.725. The van der Waals surface area contributed by atoms with Crippen LogP contribution in [-0.4, -0.2) is 50.2 Å². The molecule has 2 aliphatic rings. The molecule has 1 aromatic rings. The van der Waals surface area contributed by atoms with Gasteiger partial charge in [-0.15, -0.1) is 0 Å². The van der Waals surface area contributed by atoms with E-state index in [1.165, 1.54) is 57.5 Å². The van der Waals surface area contributed by atoms with Crippen LogP contribution in [0.1, 0.15) is 25.7 Å². The monoisotopic (exact) mass is 273 g/mol. The van der Waals surface area contributed by atoms with E-state index in [1.54, 1.807) is 0 Å². The Morgan fingerprint density at radius 2 is 1.40 bits per heavy atom. The molecule has 0 amide bonds. The van der Waals surface area contributed by atoms with E-state index in [2.05, 4.69) is 52.5 Å². The van der Waals surface area contributed by atoms with Gasteiger partial charge in [0.25, 0.3) is 0 Å². The smallest absolute Gasteiger partial charge is 0.0366 e. The van der Waals surface area contributed by atoms with Crippen molar-refractivity contribution >= 4 is 5.69 Å². The number of piperidine rings is 2. The van der Waals surface area contributed by atoms with Gasteiger partial charge in [0.1, 0.15) is 0 Å². The van der Waals surface area contributed by atoms with Crippen LogP contribution in [0, 0.1) is 0 Å². The largest absolute Gasteiger partial charge is 0.371 e. The lowest BCUT2D eigenvalue weighted by atomic mass is 9.99. The molecule has 110 valence electrons. The van der Waals surface area contributed by atoms with E-state index in [1.807, 2.05) is 0 Å². The normalized spacial score (nSPS) is 23.1. The summed E-state index contributed by atoms with van der Waals surface area (Å²) in [5.74, 6) is 0. The first-order valence-corrected chi connectivity index (χ1v) is 8.06. The minimum Gasteiger partial charge on any atom is -0.371 e. The van der Waals surface area contributed by atoms with Crippen molar-refractivity contribution in [3.63, 3.8) is 0 Å². The van der Waals surface area contributed by atoms with Crippen LogP contribution in [0.3, 0.4) is 0 Å². The fraction of sp³-hybridized carbons (Fsp3) is 0.647. The number of nitrogens with one attached hydrogen (secondary N) is 1. The third kappa shape index (κ3) is 3.53. The van der Waals surface area contributed by atoms with Crippen molar-refractivity contribution in [3.8, 4) is 0 Å². The molecule has 1 N–H and O–H groups in total. The molecule has 0 atom stereocenters. The lowest BCUT2D eigenvalue weighted by Gasteiger charge is -2.37. The Balaban J connectivity index is 1.44. The van der Waals surface area contributed by atoms with Crippen molar-refractivity contribution in [1.29, 1.82) is 0 Å². The van der Waals surface area contributed by atoms with Gasteiger partial charge < -0.3 is 15.1 Å². The van der Waals surface area contributed by atoms with E-state index in [-0.39, 0.29) is 0 Å². The molecule has 0 bridgehead atoms. The van der Waals surface area contributed by atoms with Crippen LogP contribution in [0.2, 0.25) is 0 Å². The molecule has 0 saturated carbocycles. The highest BCUT2D eigenvalue weighted by Crippen LogP contribution is 2.20. The topological polar surface area (TPSA) is 18.5 Å². The second-order valence-electron chi connectivity index (χ2n) is 6.34. The summed E-state index contributed by atoms with van der Waals surface area (Å²) in [6, 6.07) is 12.3. The van der Waals surface area contributed by atoms with Crippen molar-refractivity contribution in [2.45, 2.75) is 37.8 Å². The SMILES string of the molecule is CN1CCC(NC2CCN(c3ccccc3)CC2)CC1. The summed E-state index contributed by atoms with van der Waals surface area (Å²) in [4.78, 5) is 4.96. The molecule has 3 nitrogen and oxygen atoms in total. The lowest BCUT2D eigenvalue weighted by Crippen LogP contribution is -2.49. The number of nitrogens with zero attached hydrogens (tertiary/aromatic N) is 2. The number of likely N-dealkylation sites (tertiary alicyclic amines) is 1. The molecule has 0 unspecified atom stereocenters. The Hall–Kier alpha value is -1.06. The zero-order valence-electron chi connectivity index (χ0n) is 12.6. The second-order valence-corrected chi connectivity index (χ2v) is 6.34. The van der Waals surface area contributed by atoms with Gasteiger partial charge >= 0.3 is 0 Å². The van der Waals surface area contributed by atoms with Gasteiger partial charge in [0.05, 0.1) is 0 Å². The van der Waals surface area contributed by atoms with E-state index < -0.39 is 0 Å². The Labute approximate surface area is 123 Å². The average Bonchev–Trinajstić information content (AvgIpc) is 2.51. The summed E-state index contributed by atoms with van der Waals surface area (Å²) in [7, 11) is 2.23. The van der Waals surface area contributed by atoms with Gasteiger partial charge in [-0.25, -0.2) is 0 Å². The summed E-state index contributed by atoms with van der Waals surface area (Å²) in [5.41, 5.74) is 1.38. The Bertz CT molecular complexity index is 390. The van der Waals surface area contributed by atoms with E-state index in [9.17, 15) is 0 Å². The van der Waals surface area contributed by atoms with Crippen molar-refractivity contribution in [1.82, 2.24) is 10.2 Å². The molecular weight excluding hydrogens is 246 g/mol. The predicted octanol–water partition coefficient (Wildman–Crippen LogP) is 2.34. The first-order valence-electron chi connectivity index (χ1n) is 8.06. The van der Waals surface area contributed by atoms with E-state index in [4.69, 9.17) is 0 Å². The summed E-state index contributed by atoms with van der Waals surface area (Å²) in [5, 5.41) is 3.90. The van der Waals surface area contributed by atoms with Crippen LogP contribution < -0.4 is 10.2 Å². The third-order valence-electron chi connectivity index (χ3n) is 4.81. The van der Waals surface area contributed by atoms with Crippen LogP contribution in [-0.2, 0) is 0 Å². The Morgan fingerprint density at radius 1 is 0.850 bits per heavy atom. The Kier molecular flexibility index (Phi) is 4.58. The summed E-state index contributed by atoms with van der Waals surface area (Å²) in [6.07, 6.45) is 5.19. The molecule has 3 rings (SSSR count). The zero-order chi connectivity index (χ0) is 13.8. The maximum atomic E-state index is 3.90. The number of benzene rings is 1. The molecule has 2 fully saturated rings. The van der Waals surface area contributed by atoms with Crippen LogP contribution in [0.4, 0.5) is 5.69 Å². The van der Waals surface area contributed by atoms with Crippen molar-refractivity contribution in [3.05, 3.63) is 30.3 Å². The average molecular weight is 273 g/mol. The van der Waals surface area contributed by atoms with Crippen molar-refractivity contribution in [2.75, 3.05) is 38.1 Å². The molecule has 3 heteroatoms. The first kappa shape index (κ1) is 13.9. The molecule has 0 spiro atoms. The number of hydrogen-bond donors (Lipinski definition) is 1. The molecule has 1 aromatic carbocycles. The highest BCUT2D eigenvalue weighted by molar-refractivity contribution is 5.46. The van der Waals surface area contributed by atoms with Gasteiger partial charge in [0, 0.05) is 30.9 Å². The second kappa shape index (κ2) is 6.59. The fourth-order valence-electron chi connectivity index (χ4n) is 3.45. The summed E-state index contributed by atoms with van der Waals surface area (Å²) in [6.45, 7) is 4.88. The highest BCUT2D eigenvalue weighted by atomic mass is 15.2. The minimum atomic E-state index is 0.725. The fourth-order valence-corrected chi connectivity index (χ4v) is 3.45. The van der Waals surface area contributed by atoms with Crippen LogP contribution in [0.25, 0.3) is 0 Å². The molecule has 2 aliphatic heterocycles. The molecule has 2 heterocycles. The number of hydrogen-bond acceptors (Lipinski definition) is 3. The van der Waals surface area contributed by atoms with Crippen LogP contribution >= 0.6 is 0 Å². The number of rotatable bonds is 3. The summed E-state index contributed by atoms with van der Waals surface area (Å²) >= 11 is 0. The first-order chi connectivity index (χ1) is 9.81. The molecule has 0 aliphatic carbocycles. The molecule has 0 radical (unpaired) electrons. The molecule has 20 heavy (non-hydrogen) atoms. The van der Waals surface area contributed by atoms with Crippen molar-refractivity contribution in [2.24, 2.45) is 0 Å². The molecular formula is C17H27N3. The lowest BCUT2D eigenvalue weighted by molar-refractivity contribution is 0.217. The Morgan fingerprint density at radius 3 is 2.00 bits per heavy atom. The maximum Gasteiger partial charge on any atom is 0.0366 e. The van der Waals surface area contributed by atoms with E-state index >= 15 is 0 Å². The zero-order valence-corrected chi connectivity index (χ0v) is 12.6.